The molecule has 0 saturated carbocycles. The zero-order chi connectivity index (χ0) is 7.11. The van der Waals surface area contributed by atoms with Gasteiger partial charge in [-0.2, -0.15) is 0 Å². The van der Waals surface area contributed by atoms with Crippen molar-refractivity contribution in [3.63, 3.8) is 0 Å². The summed E-state index contributed by atoms with van der Waals surface area (Å²) in [5.74, 6) is 0.787. The third-order valence-corrected chi connectivity index (χ3v) is 1.52. The molecule has 1 atom stereocenters. The molecule has 0 amide bonds. The van der Waals surface area contributed by atoms with Crippen LogP contribution >= 0.6 is 9.24 Å². The fourth-order valence-electron chi connectivity index (χ4n) is 0.618. The Hall–Kier alpha value is 0.390. The van der Waals surface area contributed by atoms with E-state index in [4.69, 9.17) is 0 Å². The Morgan fingerprint density at radius 1 is 1.44 bits per heavy atom. The van der Waals surface area contributed by atoms with Crippen LogP contribution in [0.5, 0.6) is 0 Å². The first-order chi connectivity index (χ1) is 4.27. The monoisotopic (exact) mass is 147 g/mol. The summed E-state index contributed by atoms with van der Waals surface area (Å²) in [4.78, 5) is 0. The van der Waals surface area contributed by atoms with Crippen molar-refractivity contribution in [3.05, 3.63) is 0 Å². The summed E-state index contributed by atoms with van der Waals surface area (Å²) in [7, 11) is 2.73. The fourth-order valence-corrected chi connectivity index (χ4v) is 0.822. The topological polar surface area (TPSA) is 12.0 Å². The Kier molecular flexibility index (Phi) is 6.79. The van der Waals surface area contributed by atoms with Gasteiger partial charge in [-0.15, -0.1) is 9.24 Å². The van der Waals surface area contributed by atoms with Crippen LogP contribution in [0.4, 0.5) is 0 Å². The van der Waals surface area contributed by atoms with Crippen LogP contribution in [-0.2, 0) is 0 Å². The molecular weight excluding hydrogens is 129 g/mol. The predicted octanol–water partition coefficient (Wildman–Crippen LogP) is 1.50. The van der Waals surface area contributed by atoms with Crippen molar-refractivity contribution in [3.8, 4) is 0 Å². The van der Waals surface area contributed by atoms with E-state index in [1.807, 2.05) is 0 Å². The summed E-state index contributed by atoms with van der Waals surface area (Å²) in [5, 5.41) is 3.37. The van der Waals surface area contributed by atoms with Crippen molar-refractivity contribution in [1.29, 1.82) is 0 Å². The Morgan fingerprint density at radius 2 is 2.11 bits per heavy atom. The highest BCUT2D eigenvalue weighted by molar-refractivity contribution is 7.16. The summed E-state index contributed by atoms with van der Waals surface area (Å²) in [6, 6.07) is 0. The Balaban J connectivity index is 2.75. The Morgan fingerprint density at radius 3 is 2.56 bits per heavy atom. The van der Waals surface area contributed by atoms with Crippen molar-refractivity contribution in [1.82, 2.24) is 5.32 Å². The maximum Gasteiger partial charge on any atom is -0.00258 e. The van der Waals surface area contributed by atoms with Gasteiger partial charge in [0.15, 0.2) is 0 Å². The summed E-state index contributed by atoms with van der Waals surface area (Å²) in [6.07, 6.45) is 2.49. The molecular formula is C7H18NP. The lowest BCUT2D eigenvalue weighted by molar-refractivity contribution is 0.552. The molecule has 0 heterocycles. The molecule has 0 aliphatic heterocycles. The quantitative estimate of drug-likeness (QED) is 0.459. The second kappa shape index (κ2) is 6.51. The minimum Gasteiger partial charge on any atom is -0.316 e. The second-order valence-electron chi connectivity index (χ2n) is 2.74. The lowest BCUT2D eigenvalue weighted by Gasteiger charge is -2.04. The third-order valence-electron chi connectivity index (χ3n) is 1.11. The van der Waals surface area contributed by atoms with E-state index in [1.54, 1.807) is 0 Å². The molecule has 0 aliphatic carbocycles. The van der Waals surface area contributed by atoms with Gasteiger partial charge in [0, 0.05) is 0 Å². The van der Waals surface area contributed by atoms with Crippen LogP contribution in [0.1, 0.15) is 20.3 Å². The fraction of sp³-hybridized carbons (Fsp3) is 1.00. The lowest BCUT2D eigenvalue weighted by atomic mass is 10.2. The van der Waals surface area contributed by atoms with Gasteiger partial charge >= 0.3 is 0 Å². The van der Waals surface area contributed by atoms with Crippen molar-refractivity contribution in [2.24, 2.45) is 5.92 Å². The number of hydrogen-bond acceptors (Lipinski definition) is 1. The van der Waals surface area contributed by atoms with Crippen LogP contribution in [0.15, 0.2) is 0 Å². The SMILES string of the molecule is CC(C)CNCCCP. The minimum atomic E-state index is 0.787. The van der Waals surface area contributed by atoms with Crippen LogP contribution in [0.3, 0.4) is 0 Å². The molecule has 0 aromatic heterocycles. The number of rotatable bonds is 5. The van der Waals surface area contributed by atoms with Crippen molar-refractivity contribution < 1.29 is 0 Å². The van der Waals surface area contributed by atoms with Crippen molar-refractivity contribution in [2.75, 3.05) is 19.3 Å². The molecule has 1 N–H and O–H groups in total. The van der Waals surface area contributed by atoms with E-state index in [-0.39, 0.29) is 0 Å². The van der Waals surface area contributed by atoms with E-state index in [1.165, 1.54) is 19.1 Å². The van der Waals surface area contributed by atoms with Crippen molar-refractivity contribution in [2.45, 2.75) is 20.3 Å². The first-order valence-corrected chi connectivity index (χ1v) is 4.49. The summed E-state index contributed by atoms with van der Waals surface area (Å²) in [6.45, 7) is 6.79. The van der Waals surface area contributed by atoms with Gasteiger partial charge in [0.05, 0.1) is 0 Å². The van der Waals surface area contributed by atoms with Crippen LogP contribution in [-0.4, -0.2) is 19.3 Å². The molecule has 56 valence electrons. The molecule has 0 rings (SSSR count). The van der Waals surface area contributed by atoms with Gasteiger partial charge in [-0.25, -0.2) is 0 Å². The molecule has 0 aromatic rings. The molecule has 1 nitrogen and oxygen atoms in total. The molecule has 0 saturated heterocycles. The Labute approximate surface area is 60.8 Å². The largest absolute Gasteiger partial charge is 0.316 e. The number of nitrogens with one attached hydrogen (secondary N) is 1. The molecule has 9 heavy (non-hydrogen) atoms. The average molecular weight is 147 g/mol. The normalized spacial score (nSPS) is 10.7. The predicted molar refractivity (Wildman–Crippen MR) is 46.9 cm³/mol. The molecule has 0 fully saturated rings. The lowest BCUT2D eigenvalue weighted by Crippen LogP contribution is -2.20. The number of hydrogen-bond donors (Lipinski definition) is 1. The smallest absolute Gasteiger partial charge is 0.00258 e. The van der Waals surface area contributed by atoms with E-state index in [2.05, 4.69) is 28.4 Å². The zero-order valence-corrected chi connectivity index (χ0v) is 7.64. The zero-order valence-electron chi connectivity index (χ0n) is 6.48. The first-order valence-electron chi connectivity index (χ1n) is 3.68. The summed E-state index contributed by atoms with van der Waals surface area (Å²) >= 11 is 0. The van der Waals surface area contributed by atoms with E-state index in [0.29, 0.717) is 0 Å². The molecule has 0 aliphatic rings. The molecule has 1 unspecified atom stereocenters. The standard InChI is InChI=1S/C7H18NP/c1-7(2)6-8-4-3-5-9/h7-8H,3-6,9H2,1-2H3. The van der Waals surface area contributed by atoms with Crippen LogP contribution in [0, 0.1) is 5.92 Å². The average Bonchev–Trinajstić information content (AvgIpc) is 1.80. The molecule has 0 aromatic carbocycles. The molecule has 0 spiro atoms. The van der Waals surface area contributed by atoms with Gasteiger partial charge < -0.3 is 5.32 Å². The van der Waals surface area contributed by atoms with Gasteiger partial charge in [-0.05, 0) is 31.6 Å². The van der Waals surface area contributed by atoms with Crippen molar-refractivity contribution >= 4 is 9.24 Å². The van der Waals surface area contributed by atoms with Crippen LogP contribution in [0.25, 0.3) is 0 Å². The van der Waals surface area contributed by atoms with E-state index in [0.717, 1.165) is 12.5 Å². The summed E-state index contributed by atoms with van der Waals surface area (Å²) in [5.41, 5.74) is 0. The minimum absolute atomic E-state index is 0.787. The summed E-state index contributed by atoms with van der Waals surface area (Å²) < 4.78 is 0. The van der Waals surface area contributed by atoms with Gasteiger partial charge in [0.1, 0.15) is 0 Å². The maximum absolute atomic E-state index is 3.37. The Bertz CT molecular complexity index is 54.9. The maximum atomic E-state index is 3.37. The molecule has 2 heteroatoms. The second-order valence-corrected chi connectivity index (χ2v) is 3.32. The van der Waals surface area contributed by atoms with Gasteiger partial charge in [0.2, 0.25) is 0 Å². The van der Waals surface area contributed by atoms with E-state index >= 15 is 0 Å². The first kappa shape index (κ1) is 9.39. The highest BCUT2D eigenvalue weighted by Crippen LogP contribution is 1.88. The van der Waals surface area contributed by atoms with Crippen LogP contribution in [0.2, 0.25) is 0 Å². The van der Waals surface area contributed by atoms with E-state index in [9.17, 15) is 0 Å². The van der Waals surface area contributed by atoms with Gasteiger partial charge in [0.25, 0.3) is 0 Å². The highest BCUT2D eigenvalue weighted by Gasteiger charge is 1.89. The highest BCUT2D eigenvalue weighted by atomic mass is 31.0. The molecule has 0 radical (unpaired) electrons. The molecule has 0 bridgehead atoms. The third kappa shape index (κ3) is 8.39. The van der Waals surface area contributed by atoms with Gasteiger partial charge in [-0.3, -0.25) is 0 Å². The van der Waals surface area contributed by atoms with Crippen LogP contribution < -0.4 is 5.32 Å². The van der Waals surface area contributed by atoms with E-state index < -0.39 is 0 Å². The van der Waals surface area contributed by atoms with Gasteiger partial charge in [-0.1, -0.05) is 13.8 Å².